The van der Waals surface area contributed by atoms with Crippen molar-refractivity contribution in [3.05, 3.63) is 41.9 Å². The summed E-state index contributed by atoms with van der Waals surface area (Å²) in [7, 11) is 0. The third-order valence-corrected chi connectivity index (χ3v) is 3.05. The minimum atomic E-state index is -0.613. The van der Waals surface area contributed by atoms with Crippen molar-refractivity contribution >= 4 is 0 Å². The van der Waals surface area contributed by atoms with Crippen LogP contribution in [0.5, 0.6) is 0 Å². The molecule has 1 aromatic heterocycles. The number of halogens is 2. The van der Waals surface area contributed by atoms with Gasteiger partial charge in [-0.05, 0) is 12.1 Å². The van der Waals surface area contributed by atoms with Crippen LogP contribution in [0.25, 0.3) is 11.3 Å². The van der Waals surface area contributed by atoms with E-state index in [0.717, 1.165) is 12.6 Å². The van der Waals surface area contributed by atoms with Gasteiger partial charge < -0.3 is 15.0 Å². The second kappa shape index (κ2) is 5.07. The van der Waals surface area contributed by atoms with Crippen LogP contribution >= 0.6 is 0 Å². The molecule has 4 nitrogen and oxygen atoms in total. The normalized spacial score (nSPS) is 19.6. The molecule has 0 bridgehead atoms. The number of hydrogen-bond acceptors (Lipinski definition) is 3. The molecule has 0 saturated carbocycles. The number of aromatic nitrogens is 2. The maximum atomic E-state index is 13.7. The number of ether oxygens (including phenoxy) is 1. The standard InChI is InChI=1S/C13H13F2N3O/c14-8-1-2-9(10(15)5-8)11-6-17-13(18-11)12-7-16-3-4-19-12/h1-2,5-6,12,16H,3-4,7H2,(H,17,18). The van der Waals surface area contributed by atoms with E-state index in [9.17, 15) is 8.78 Å². The zero-order valence-electron chi connectivity index (χ0n) is 10.1. The Bertz CT molecular complexity index is 579. The minimum Gasteiger partial charge on any atom is -0.368 e. The number of H-pyrrole nitrogens is 1. The highest BCUT2D eigenvalue weighted by Crippen LogP contribution is 2.24. The molecule has 1 atom stereocenters. The highest BCUT2D eigenvalue weighted by atomic mass is 19.1. The first kappa shape index (κ1) is 12.3. The summed E-state index contributed by atoms with van der Waals surface area (Å²) in [6.07, 6.45) is 1.37. The van der Waals surface area contributed by atoms with Crippen molar-refractivity contribution in [1.82, 2.24) is 15.3 Å². The van der Waals surface area contributed by atoms with Crippen LogP contribution in [-0.4, -0.2) is 29.7 Å². The lowest BCUT2D eigenvalue weighted by Crippen LogP contribution is -2.33. The highest BCUT2D eigenvalue weighted by molar-refractivity contribution is 5.59. The van der Waals surface area contributed by atoms with E-state index in [4.69, 9.17) is 4.74 Å². The number of rotatable bonds is 2. The molecule has 1 saturated heterocycles. The fourth-order valence-corrected chi connectivity index (χ4v) is 2.09. The lowest BCUT2D eigenvalue weighted by Gasteiger charge is -2.21. The molecule has 1 fully saturated rings. The topological polar surface area (TPSA) is 49.9 Å². The molecule has 3 rings (SSSR count). The van der Waals surface area contributed by atoms with Gasteiger partial charge in [0.25, 0.3) is 0 Å². The van der Waals surface area contributed by atoms with Gasteiger partial charge in [-0.1, -0.05) is 0 Å². The molecular weight excluding hydrogens is 252 g/mol. The number of aromatic amines is 1. The Morgan fingerprint density at radius 3 is 2.95 bits per heavy atom. The lowest BCUT2D eigenvalue weighted by molar-refractivity contribution is 0.0227. The molecular formula is C13H13F2N3O. The van der Waals surface area contributed by atoms with Crippen molar-refractivity contribution in [2.75, 3.05) is 19.7 Å². The molecule has 1 unspecified atom stereocenters. The summed E-state index contributed by atoms with van der Waals surface area (Å²) < 4.78 is 32.1. The summed E-state index contributed by atoms with van der Waals surface area (Å²) in [6, 6.07) is 3.47. The molecule has 100 valence electrons. The van der Waals surface area contributed by atoms with E-state index < -0.39 is 11.6 Å². The number of hydrogen-bond donors (Lipinski definition) is 2. The fraction of sp³-hybridized carbons (Fsp3) is 0.308. The van der Waals surface area contributed by atoms with Crippen molar-refractivity contribution in [3.8, 4) is 11.3 Å². The summed E-state index contributed by atoms with van der Waals surface area (Å²) in [5, 5.41) is 3.19. The zero-order valence-corrected chi connectivity index (χ0v) is 10.1. The van der Waals surface area contributed by atoms with Crippen LogP contribution in [-0.2, 0) is 4.74 Å². The van der Waals surface area contributed by atoms with E-state index in [1.807, 2.05) is 0 Å². The van der Waals surface area contributed by atoms with Crippen molar-refractivity contribution in [2.45, 2.75) is 6.10 Å². The van der Waals surface area contributed by atoms with Gasteiger partial charge >= 0.3 is 0 Å². The second-order valence-electron chi connectivity index (χ2n) is 4.37. The van der Waals surface area contributed by atoms with Crippen molar-refractivity contribution in [1.29, 1.82) is 0 Å². The average molecular weight is 265 g/mol. The molecule has 1 aromatic carbocycles. The summed E-state index contributed by atoms with van der Waals surface area (Å²) in [5.74, 6) is -0.565. The van der Waals surface area contributed by atoms with Crippen molar-refractivity contribution in [3.63, 3.8) is 0 Å². The Labute approximate surface area is 108 Å². The first-order valence-electron chi connectivity index (χ1n) is 6.06. The lowest BCUT2D eigenvalue weighted by atomic mass is 10.1. The van der Waals surface area contributed by atoms with Gasteiger partial charge in [0.1, 0.15) is 23.6 Å². The Kier molecular flexibility index (Phi) is 3.27. The molecule has 0 amide bonds. The van der Waals surface area contributed by atoms with Crippen LogP contribution in [0.3, 0.4) is 0 Å². The van der Waals surface area contributed by atoms with E-state index in [2.05, 4.69) is 15.3 Å². The van der Waals surface area contributed by atoms with Crippen LogP contribution in [0.15, 0.2) is 24.4 Å². The summed E-state index contributed by atoms with van der Waals surface area (Å²) in [6.45, 7) is 2.10. The Morgan fingerprint density at radius 1 is 1.32 bits per heavy atom. The van der Waals surface area contributed by atoms with E-state index in [1.54, 1.807) is 0 Å². The Balaban J connectivity index is 1.87. The van der Waals surface area contributed by atoms with Crippen LogP contribution in [0.1, 0.15) is 11.9 Å². The number of benzene rings is 1. The van der Waals surface area contributed by atoms with Crippen LogP contribution in [0.4, 0.5) is 8.78 Å². The SMILES string of the molecule is Fc1ccc(-c2cnc(C3CNCCO3)[nH]2)c(F)c1. The van der Waals surface area contributed by atoms with Gasteiger partial charge in [-0.15, -0.1) is 0 Å². The average Bonchev–Trinajstić information content (AvgIpc) is 2.89. The Hall–Kier alpha value is -1.79. The van der Waals surface area contributed by atoms with Crippen LogP contribution in [0, 0.1) is 11.6 Å². The number of imidazole rings is 1. The molecule has 19 heavy (non-hydrogen) atoms. The third-order valence-electron chi connectivity index (χ3n) is 3.05. The van der Waals surface area contributed by atoms with E-state index in [0.29, 0.717) is 30.2 Å². The van der Waals surface area contributed by atoms with Gasteiger partial charge in [0.05, 0.1) is 18.5 Å². The van der Waals surface area contributed by atoms with Gasteiger partial charge in [-0.2, -0.15) is 0 Å². The summed E-state index contributed by atoms with van der Waals surface area (Å²) in [5.41, 5.74) is 0.811. The van der Waals surface area contributed by atoms with Gasteiger partial charge in [0, 0.05) is 24.7 Å². The van der Waals surface area contributed by atoms with Crippen LogP contribution < -0.4 is 5.32 Å². The van der Waals surface area contributed by atoms with E-state index in [-0.39, 0.29) is 6.10 Å². The van der Waals surface area contributed by atoms with Crippen LogP contribution in [0.2, 0.25) is 0 Å². The smallest absolute Gasteiger partial charge is 0.137 e. The molecule has 0 radical (unpaired) electrons. The van der Waals surface area contributed by atoms with Crippen molar-refractivity contribution < 1.29 is 13.5 Å². The first-order chi connectivity index (χ1) is 9.24. The molecule has 6 heteroatoms. The predicted octanol–water partition coefficient (Wildman–Crippen LogP) is 2.02. The monoisotopic (exact) mass is 265 g/mol. The first-order valence-corrected chi connectivity index (χ1v) is 6.06. The highest BCUT2D eigenvalue weighted by Gasteiger charge is 2.19. The Morgan fingerprint density at radius 2 is 2.21 bits per heavy atom. The minimum absolute atomic E-state index is 0.161. The summed E-state index contributed by atoms with van der Waals surface area (Å²) >= 11 is 0. The zero-order chi connectivity index (χ0) is 13.2. The van der Waals surface area contributed by atoms with E-state index >= 15 is 0 Å². The molecule has 2 aromatic rings. The molecule has 0 aliphatic carbocycles. The molecule has 0 spiro atoms. The molecule has 1 aliphatic rings. The number of nitrogens with zero attached hydrogens (tertiary/aromatic N) is 1. The van der Waals surface area contributed by atoms with Gasteiger partial charge in [0.2, 0.25) is 0 Å². The number of morpholine rings is 1. The third kappa shape index (κ3) is 2.50. The molecule has 2 heterocycles. The van der Waals surface area contributed by atoms with Crippen molar-refractivity contribution in [2.24, 2.45) is 0 Å². The maximum absolute atomic E-state index is 13.7. The van der Waals surface area contributed by atoms with E-state index in [1.165, 1.54) is 18.3 Å². The number of nitrogens with one attached hydrogen (secondary N) is 2. The fourth-order valence-electron chi connectivity index (χ4n) is 2.09. The second-order valence-corrected chi connectivity index (χ2v) is 4.37. The van der Waals surface area contributed by atoms with Gasteiger partial charge in [-0.3, -0.25) is 0 Å². The predicted molar refractivity (Wildman–Crippen MR) is 65.5 cm³/mol. The molecule has 2 N–H and O–H groups in total. The van der Waals surface area contributed by atoms with Gasteiger partial charge in [-0.25, -0.2) is 13.8 Å². The molecule has 1 aliphatic heterocycles. The maximum Gasteiger partial charge on any atom is 0.137 e. The quantitative estimate of drug-likeness (QED) is 0.873. The largest absolute Gasteiger partial charge is 0.368 e. The summed E-state index contributed by atoms with van der Waals surface area (Å²) in [4.78, 5) is 7.22. The van der Waals surface area contributed by atoms with Gasteiger partial charge in [0.15, 0.2) is 0 Å².